The van der Waals surface area contributed by atoms with Crippen LogP contribution in [0.4, 0.5) is 0 Å². The van der Waals surface area contributed by atoms with E-state index in [0.717, 1.165) is 11.3 Å². The number of benzene rings is 1. The zero-order valence-corrected chi connectivity index (χ0v) is 16.3. The van der Waals surface area contributed by atoms with Crippen molar-refractivity contribution in [2.24, 2.45) is 0 Å². The largest absolute Gasteiger partial charge is 0.496 e. The molecule has 0 unspecified atom stereocenters. The summed E-state index contributed by atoms with van der Waals surface area (Å²) in [6.07, 6.45) is 5.05. The van der Waals surface area contributed by atoms with Crippen LogP contribution in [-0.4, -0.2) is 78.7 Å². The van der Waals surface area contributed by atoms with Gasteiger partial charge in [-0.25, -0.2) is 0 Å². The number of ether oxygens (including phenoxy) is 1. The number of piperidine rings is 1. The van der Waals surface area contributed by atoms with Crippen LogP contribution in [0.1, 0.15) is 24.8 Å². The minimum Gasteiger partial charge on any atom is -0.496 e. The number of nitrogens with one attached hydrogen (secondary N) is 1. The molecule has 2 fully saturated rings. The number of methoxy groups -OCH3 is 1. The second-order valence-electron chi connectivity index (χ2n) is 7.26. The molecule has 2 heterocycles. The van der Waals surface area contributed by atoms with Gasteiger partial charge in [-0.1, -0.05) is 30.4 Å². The third-order valence-corrected chi connectivity index (χ3v) is 5.40. The Morgan fingerprint density at radius 2 is 2.04 bits per heavy atom. The van der Waals surface area contributed by atoms with Crippen molar-refractivity contribution >= 4 is 17.9 Å². The fourth-order valence-corrected chi connectivity index (χ4v) is 3.73. The Hall–Kier alpha value is -2.38. The number of amides is 2. The molecule has 28 heavy (non-hydrogen) atoms. The summed E-state index contributed by atoms with van der Waals surface area (Å²) in [5, 5.41) is 12.5. The number of carbonyl (C=O) groups excluding carboxylic acids is 2. The van der Waals surface area contributed by atoms with Gasteiger partial charge >= 0.3 is 0 Å². The molecule has 0 radical (unpaired) electrons. The van der Waals surface area contributed by atoms with Gasteiger partial charge in [-0.2, -0.15) is 0 Å². The van der Waals surface area contributed by atoms with Crippen molar-refractivity contribution in [3.63, 3.8) is 0 Å². The predicted molar refractivity (Wildman–Crippen MR) is 107 cm³/mol. The number of hydrogen-bond acceptors (Lipinski definition) is 5. The first-order valence-electron chi connectivity index (χ1n) is 9.85. The molecule has 2 saturated heterocycles. The Bertz CT molecular complexity index is 713. The molecule has 2 N–H and O–H groups in total. The summed E-state index contributed by atoms with van der Waals surface area (Å²) in [6.45, 7) is 2.99. The van der Waals surface area contributed by atoms with Crippen molar-refractivity contribution in [1.29, 1.82) is 0 Å². The molecule has 0 bridgehead atoms. The molecular formula is C21H29N3O4. The van der Waals surface area contributed by atoms with Gasteiger partial charge in [0.2, 0.25) is 11.8 Å². The summed E-state index contributed by atoms with van der Waals surface area (Å²) in [6, 6.07) is 7.30. The van der Waals surface area contributed by atoms with E-state index in [0.29, 0.717) is 45.6 Å². The van der Waals surface area contributed by atoms with Crippen LogP contribution in [0.25, 0.3) is 6.08 Å². The van der Waals surface area contributed by atoms with Crippen LogP contribution >= 0.6 is 0 Å². The smallest absolute Gasteiger partial charge is 0.237 e. The molecule has 0 saturated carbocycles. The Morgan fingerprint density at radius 3 is 2.79 bits per heavy atom. The van der Waals surface area contributed by atoms with E-state index in [2.05, 4.69) is 5.32 Å². The molecule has 2 amide bonds. The topological polar surface area (TPSA) is 82.1 Å². The van der Waals surface area contributed by atoms with E-state index in [1.807, 2.05) is 41.3 Å². The Balaban J connectivity index is 1.61. The lowest BCUT2D eigenvalue weighted by atomic mass is 10.0. The molecule has 7 nitrogen and oxygen atoms in total. The van der Waals surface area contributed by atoms with Gasteiger partial charge in [0.05, 0.1) is 25.7 Å². The third kappa shape index (κ3) is 5.11. The Morgan fingerprint density at radius 1 is 1.29 bits per heavy atom. The minimum absolute atomic E-state index is 0.0207. The predicted octanol–water partition coefficient (Wildman–Crippen LogP) is 0.882. The van der Waals surface area contributed by atoms with Crippen molar-refractivity contribution in [3.8, 4) is 5.75 Å². The fourth-order valence-electron chi connectivity index (χ4n) is 3.73. The molecule has 2 aliphatic heterocycles. The van der Waals surface area contributed by atoms with Gasteiger partial charge in [0.15, 0.2) is 0 Å². The lowest BCUT2D eigenvalue weighted by molar-refractivity contribution is -0.140. The fraction of sp³-hybridized carbons (Fsp3) is 0.524. The second kappa shape index (κ2) is 9.71. The van der Waals surface area contributed by atoms with E-state index in [4.69, 9.17) is 4.74 Å². The number of hydrogen-bond donors (Lipinski definition) is 2. The average Bonchev–Trinajstić information content (AvgIpc) is 2.71. The van der Waals surface area contributed by atoms with Crippen LogP contribution in [0, 0.1) is 0 Å². The Labute approximate surface area is 166 Å². The number of piperazine rings is 1. The number of likely N-dealkylation sites (tertiary alicyclic amines) is 1. The highest BCUT2D eigenvalue weighted by Crippen LogP contribution is 2.19. The minimum atomic E-state index is -0.463. The zero-order chi connectivity index (χ0) is 19.9. The first-order chi connectivity index (χ1) is 13.6. The molecule has 1 atom stereocenters. The first-order valence-corrected chi connectivity index (χ1v) is 9.85. The summed E-state index contributed by atoms with van der Waals surface area (Å²) < 4.78 is 5.36. The van der Waals surface area contributed by atoms with Gasteiger partial charge in [0, 0.05) is 38.3 Å². The van der Waals surface area contributed by atoms with E-state index in [-0.39, 0.29) is 24.3 Å². The maximum Gasteiger partial charge on any atom is 0.237 e. The first kappa shape index (κ1) is 20.4. The van der Waals surface area contributed by atoms with Crippen LogP contribution in [0.3, 0.4) is 0 Å². The van der Waals surface area contributed by atoms with Crippen LogP contribution in [-0.2, 0) is 9.59 Å². The lowest BCUT2D eigenvalue weighted by Gasteiger charge is -2.36. The van der Waals surface area contributed by atoms with Gasteiger partial charge in [-0.15, -0.1) is 0 Å². The summed E-state index contributed by atoms with van der Waals surface area (Å²) in [5.74, 6) is 0.684. The number of nitrogens with zero attached hydrogens (tertiary/aromatic N) is 2. The molecule has 7 heteroatoms. The van der Waals surface area contributed by atoms with Gasteiger partial charge in [-0.3, -0.25) is 14.5 Å². The standard InChI is InChI=1S/C21H29N3O4/c1-28-19-7-3-2-5-16(19)6-4-11-23-14-10-22-21(27)18(23)15-20(26)24-12-8-17(25)9-13-24/h2-7,17-18,25H,8-15H2,1H3,(H,22,27)/b6-4+/t18-/m0/s1. The molecular weight excluding hydrogens is 358 g/mol. The Kier molecular flexibility index (Phi) is 7.06. The SMILES string of the molecule is COc1ccccc1/C=C/CN1CCNC(=O)[C@@H]1CC(=O)N1CCC(O)CC1. The van der Waals surface area contributed by atoms with Crippen LogP contribution in [0.15, 0.2) is 30.3 Å². The van der Waals surface area contributed by atoms with Gasteiger partial charge in [-0.05, 0) is 18.9 Å². The van der Waals surface area contributed by atoms with E-state index in [9.17, 15) is 14.7 Å². The van der Waals surface area contributed by atoms with Gasteiger partial charge in [0.25, 0.3) is 0 Å². The third-order valence-electron chi connectivity index (χ3n) is 5.40. The van der Waals surface area contributed by atoms with Crippen LogP contribution < -0.4 is 10.1 Å². The zero-order valence-electron chi connectivity index (χ0n) is 16.3. The quantitative estimate of drug-likeness (QED) is 0.757. The van der Waals surface area contributed by atoms with Crippen molar-refractivity contribution < 1.29 is 19.4 Å². The monoisotopic (exact) mass is 387 g/mol. The molecule has 0 spiro atoms. The molecule has 2 aliphatic rings. The highest BCUT2D eigenvalue weighted by molar-refractivity contribution is 5.89. The summed E-state index contributed by atoms with van der Waals surface area (Å²) in [7, 11) is 1.64. The van der Waals surface area contributed by atoms with Gasteiger partial charge < -0.3 is 20.1 Å². The highest BCUT2D eigenvalue weighted by Gasteiger charge is 2.33. The highest BCUT2D eigenvalue weighted by atomic mass is 16.5. The van der Waals surface area contributed by atoms with Crippen molar-refractivity contribution in [3.05, 3.63) is 35.9 Å². The van der Waals surface area contributed by atoms with Crippen molar-refractivity contribution in [2.45, 2.75) is 31.4 Å². The van der Waals surface area contributed by atoms with E-state index < -0.39 is 6.04 Å². The number of aliphatic hydroxyl groups excluding tert-OH is 1. The van der Waals surface area contributed by atoms with E-state index >= 15 is 0 Å². The lowest BCUT2D eigenvalue weighted by Crippen LogP contribution is -2.57. The molecule has 3 rings (SSSR count). The van der Waals surface area contributed by atoms with Crippen LogP contribution in [0.5, 0.6) is 5.75 Å². The number of carbonyl (C=O) groups is 2. The normalized spacial score (nSPS) is 21.7. The summed E-state index contributed by atoms with van der Waals surface area (Å²) >= 11 is 0. The van der Waals surface area contributed by atoms with Crippen molar-refractivity contribution in [1.82, 2.24) is 15.1 Å². The van der Waals surface area contributed by atoms with Crippen LogP contribution in [0.2, 0.25) is 0 Å². The number of rotatable bonds is 6. The molecule has 1 aromatic carbocycles. The summed E-state index contributed by atoms with van der Waals surface area (Å²) in [5.41, 5.74) is 0.978. The maximum atomic E-state index is 12.6. The number of para-hydroxylation sites is 1. The molecule has 0 aromatic heterocycles. The average molecular weight is 387 g/mol. The maximum absolute atomic E-state index is 12.6. The van der Waals surface area contributed by atoms with E-state index in [1.165, 1.54) is 0 Å². The molecule has 0 aliphatic carbocycles. The van der Waals surface area contributed by atoms with Crippen molar-refractivity contribution in [2.75, 3.05) is 39.8 Å². The molecule has 152 valence electrons. The van der Waals surface area contributed by atoms with Gasteiger partial charge in [0.1, 0.15) is 5.75 Å². The number of aliphatic hydroxyl groups is 1. The summed E-state index contributed by atoms with van der Waals surface area (Å²) in [4.78, 5) is 28.9. The second-order valence-corrected chi connectivity index (χ2v) is 7.26. The molecule has 1 aromatic rings. The van der Waals surface area contributed by atoms with E-state index in [1.54, 1.807) is 12.0 Å².